The molecule has 1 aromatic rings. The van der Waals surface area contributed by atoms with Crippen molar-refractivity contribution >= 4 is 18.4 Å². The highest BCUT2D eigenvalue weighted by Crippen LogP contribution is 2.31. The number of pyridine rings is 1. The molecule has 0 spiro atoms. The van der Waals surface area contributed by atoms with E-state index in [0.717, 1.165) is 0 Å². The molecule has 0 unspecified atom stereocenters. The molecule has 90 valence electrons. The van der Waals surface area contributed by atoms with E-state index in [-0.39, 0.29) is 18.4 Å². The number of aromatic nitrogens is 1. The van der Waals surface area contributed by atoms with Gasteiger partial charge in [-0.3, -0.25) is 9.78 Å². The largest absolute Gasteiger partial charge is 0.469 e. The predicted molar refractivity (Wildman–Crippen MR) is 64.2 cm³/mol. The Morgan fingerprint density at radius 3 is 2.56 bits per heavy atom. The van der Waals surface area contributed by atoms with Crippen molar-refractivity contribution < 1.29 is 9.53 Å². The van der Waals surface area contributed by atoms with Gasteiger partial charge in [0.05, 0.1) is 24.3 Å². The number of hydrogen-bond donors (Lipinski definition) is 1. The third kappa shape index (κ3) is 2.93. The van der Waals surface area contributed by atoms with E-state index in [1.54, 1.807) is 32.2 Å². The fraction of sp³-hybridized carbons (Fsp3) is 0.455. The molecule has 1 atom stereocenters. The van der Waals surface area contributed by atoms with E-state index in [1.165, 1.54) is 7.11 Å². The van der Waals surface area contributed by atoms with E-state index in [0.29, 0.717) is 5.69 Å². The van der Waals surface area contributed by atoms with Crippen LogP contribution in [0.3, 0.4) is 0 Å². The molecule has 0 aliphatic carbocycles. The van der Waals surface area contributed by atoms with Gasteiger partial charge in [0.15, 0.2) is 0 Å². The molecular formula is C11H17ClN2O2. The molecule has 0 radical (unpaired) electrons. The minimum absolute atomic E-state index is 0. The number of hydrogen-bond acceptors (Lipinski definition) is 4. The minimum atomic E-state index is -0.775. The van der Waals surface area contributed by atoms with Gasteiger partial charge in [0.25, 0.3) is 0 Å². The third-order valence-corrected chi connectivity index (χ3v) is 2.50. The van der Waals surface area contributed by atoms with Crippen LogP contribution in [-0.2, 0) is 9.53 Å². The van der Waals surface area contributed by atoms with Gasteiger partial charge in [-0.2, -0.15) is 0 Å². The standard InChI is InChI=1S/C11H16N2O2.ClH/c1-11(2,10(14)15-3)9(12)8-6-4-5-7-13-8;/h4-7,9H,12H2,1-3H3;1H/t9-;/m1./s1. The summed E-state index contributed by atoms with van der Waals surface area (Å²) >= 11 is 0. The van der Waals surface area contributed by atoms with Crippen molar-refractivity contribution in [1.82, 2.24) is 4.98 Å². The van der Waals surface area contributed by atoms with Crippen LogP contribution in [0.25, 0.3) is 0 Å². The molecule has 0 bridgehead atoms. The molecule has 0 saturated carbocycles. The molecule has 0 amide bonds. The molecule has 0 saturated heterocycles. The molecule has 4 nitrogen and oxygen atoms in total. The van der Waals surface area contributed by atoms with Crippen LogP contribution >= 0.6 is 12.4 Å². The van der Waals surface area contributed by atoms with Crippen LogP contribution in [0.4, 0.5) is 0 Å². The van der Waals surface area contributed by atoms with Crippen LogP contribution in [0.15, 0.2) is 24.4 Å². The second kappa shape index (κ2) is 5.82. The number of carbonyl (C=O) groups excluding carboxylic acids is 1. The minimum Gasteiger partial charge on any atom is -0.469 e. The number of methoxy groups -OCH3 is 1. The van der Waals surface area contributed by atoms with E-state index >= 15 is 0 Å². The van der Waals surface area contributed by atoms with Crippen molar-refractivity contribution in [2.45, 2.75) is 19.9 Å². The van der Waals surface area contributed by atoms with Crippen LogP contribution in [-0.4, -0.2) is 18.1 Å². The quantitative estimate of drug-likeness (QED) is 0.822. The fourth-order valence-corrected chi connectivity index (χ4v) is 1.32. The van der Waals surface area contributed by atoms with Crippen molar-refractivity contribution in [3.63, 3.8) is 0 Å². The summed E-state index contributed by atoms with van der Waals surface area (Å²) in [5.74, 6) is -0.333. The van der Waals surface area contributed by atoms with Crippen LogP contribution in [0.5, 0.6) is 0 Å². The lowest BCUT2D eigenvalue weighted by atomic mass is 9.83. The van der Waals surface area contributed by atoms with E-state index in [1.807, 2.05) is 6.07 Å². The first kappa shape index (κ1) is 14.9. The lowest BCUT2D eigenvalue weighted by Gasteiger charge is -2.27. The topological polar surface area (TPSA) is 65.2 Å². The molecule has 0 aliphatic rings. The first-order valence-electron chi connectivity index (χ1n) is 4.75. The molecule has 16 heavy (non-hydrogen) atoms. The summed E-state index contributed by atoms with van der Waals surface area (Å²) in [5.41, 5.74) is 5.90. The molecule has 5 heteroatoms. The summed E-state index contributed by atoms with van der Waals surface area (Å²) in [6.07, 6.45) is 1.66. The van der Waals surface area contributed by atoms with Crippen molar-refractivity contribution in [3.8, 4) is 0 Å². The lowest BCUT2D eigenvalue weighted by Crippen LogP contribution is -2.37. The van der Waals surface area contributed by atoms with Crippen LogP contribution in [0.1, 0.15) is 25.6 Å². The average molecular weight is 245 g/mol. The molecule has 0 aromatic carbocycles. The van der Waals surface area contributed by atoms with Gasteiger partial charge in [-0.1, -0.05) is 6.07 Å². The summed E-state index contributed by atoms with van der Waals surface area (Å²) < 4.78 is 4.71. The zero-order valence-electron chi connectivity index (χ0n) is 9.64. The van der Waals surface area contributed by atoms with E-state index in [9.17, 15) is 4.79 Å². The molecular weight excluding hydrogens is 228 g/mol. The van der Waals surface area contributed by atoms with Gasteiger partial charge in [-0.05, 0) is 26.0 Å². The van der Waals surface area contributed by atoms with Crippen LogP contribution in [0.2, 0.25) is 0 Å². The molecule has 0 fully saturated rings. The smallest absolute Gasteiger partial charge is 0.313 e. The van der Waals surface area contributed by atoms with Gasteiger partial charge in [0.2, 0.25) is 0 Å². The average Bonchev–Trinajstić information content (AvgIpc) is 2.28. The molecule has 1 rings (SSSR count). The maximum atomic E-state index is 11.5. The van der Waals surface area contributed by atoms with Crippen molar-refractivity contribution in [1.29, 1.82) is 0 Å². The summed E-state index contributed by atoms with van der Waals surface area (Å²) in [7, 11) is 1.36. The van der Waals surface area contributed by atoms with Crippen LogP contribution in [0, 0.1) is 5.41 Å². The normalized spacial score (nSPS) is 12.5. The highest BCUT2D eigenvalue weighted by molar-refractivity contribution is 5.85. The Kier molecular flexibility index (Phi) is 5.41. The van der Waals surface area contributed by atoms with E-state index in [4.69, 9.17) is 10.5 Å². The number of rotatable bonds is 3. The Morgan fingerprint density at radius 2 is 2.12 bits per heavy atom. The number of nitrogens with two attached hydrogens (primary N) is 1. The highest BCUT2D eigenvalue weighted by atomic mass is 35.5. The zero-order valence-corrected chi connectivity index (χ0v) is 10.5. The van der Waals surface area contributed by atoms with E-state index in [2.05, 4.69) is 4.98 Å². The Labute approximate surface area is 102 Å². The Balaban J connectivity index is 0.00000225. The fourth-order valence-electron chi connectivity index (χ4n) is 1.32. The zero-order chi connectivity index (χ0) is 11.5. The molecule has 2 N–H and O–H groups in total. The van der Waals surface area contributed by atoms with Crippen molar-refractivity contribution in [2.75, 3.05) is 7.11 Å². The summed E-state index contributed by atoms with van der Waals surface area (Å²) in [6, 6.07) is 4.98. The maximum absolute atomic E-state index is 11.5. The van der Waals surface area contributed by atoms with E-state index < -0.39 is 11.5 Å². The Bertz CT molecular complexity index is 341. The third-order valence-electron chi connectivity index (χ3n) is 2.50. The SMILES string of the molecule is COC(=O)C(C)(C)[C@H](N)c1ccccn1.Cl. The monoisotopic (exact) mass is 244 g/mol. The number of halogens is 1. The summed E-state index contributed by atoms with van der Waals surface area (Å²) in [5, 5.41) is 0. The van der Waals surface area contributed by atoms with Gasteiger partial charge in [-0.25, -0.2) is 0 Å². The Morgan fingerprint density at radius 1 is 1.50 bits per heavy atom. The number of esters is 1. The highest BCUT2D eigenvalue weighted by Gasteiger charge is 2.37. The first-order valence-corrected chi connectivity index (χ1v) is 4.75. The van der Waals surface area contributed by atoms with Gasteiger partial charge in [0, 0.05) is 6.20 Å². The van der Waals surface area contributed by atoms with Gasteiger partial charge in [0.1, 0.15) is 0 Å². The number of ether oxygens (including phenoxy) is 1. The van der Waals surface area contributed by atoms with Crippen molar-refractivity contribution in [3.05, 3.63) is 30.1 Å². The van der Waals surface area contributed by atoms with Gasteiger partial charge < -0.3 is 10.5 Å². The number of carbonyl (C=O) groups is 1. The lowest BCUT2D eigenvalue weighted by molar-refractivity contribution is -0.152. The second-order valence-electron chi connectivity index (χ2n) is 3.95. The predicted octanol–water partition coefficient (Wildman–Crippen LogP) is 1.70. The Hall–Kier alpha value is -1.13. The van der Waals surface area contributed by atoms with Crippen LogP contribution < -0.4 is 5.73 Å². The molecule has 0 aliphatic heterocycles. The van der Waals surface area contributed by atoms with Gasteiger partial charge >= 0.3 is 5.97 Å². The summed E-state index contributed by atoms with van der Waals surface area (Å²) in [6.45, 7) is 3.50. The van der Waals surface area contributed by atoms with Crippen molar-refractivity contribution in [2.24, 2.45) is 11.1 Å². The summed E-state index contributed by atoms with van der Waals surface area (Å²) in [4.78, 5) is 15.6. The first-order chi connectivity index (χ1) is 7.00. The molecule has 1 aromatic heterocycles. The maximum Gasteiger partial charge on any atom is 0.313 e. The molecule has 1 heterocycles. The second-order valence-corrected chi connectivity index (χ2v) is 3.95. The van der Waals surface area contributed by atoms with Gasteiger partial charge in [-0.15, -0.1) is 12.4 Å². The number of nitrogens with zero attached hydrogens (tertiary/aromatic N) is 1.